The lowest BCUT2D eigenvalue weighted by atomic mass is 10.3. The van der Waals surface area contributed by atoms with Gasteiger partial charge in [0.05, 0.1) is 0 Å². The molecular formula is C11H11F3N4OS. The maximum Gasteiger partial charge on any atom is 0.415 e. The number of aliphatic hydroxyl groups is 1. The molecule has 9 heteroatoms. The first-order chi connectivity index (χ1) is 9.39. The van der Waals surface area contributed by atoms with E-state index < -0.39 is 18.0 Å². The molecule has 1 N–H and O–H groups in total. The molecule has 0 aliphatic heterocycles. The fraction of sp³-hybridized carbons (Fsp3) is 0.364. The molecule has 0 saturated heterocycles. The SMILES string of the molecule is Cn1c(SC[C@H](O)C(F)(F)F)nnc1-c1cccnc1. The molecule has 5 nitrogen and oxygen atoms in total. The lowest BCUT2D eigenvalue weighted by molar-refractivity contribution is -0.195. The highest BCUT2D eigenvalue weighted by Gasteiger charge is 2.38. The van der Waals surface area contributed by atoms with Crippen LogP contribution in [-0.2, 0) is 7.05 Å². The number of hydrogen-bond donors (Lipinski definition) is 1. The van der Waals surface area contributed by atoms with Crippen LogP contribution in [0.3, 0.4) is 0 Å². The lowest BCUT2D eigenvalue weighted by Gasteiger charge is -2.13. The maximum absolute atomic E-state index is 12.2. The zero-order chi connectivity index (χ0) is 14.8. The Morgan fingerprint density at radius 3 is 2.75 bits per heavy atom. The van der Waals surface area contributed by atoms with Crippen molar-refractivity contribution in [2.24, 2.45) is 7.05 Å². The third-order valence-corrected chi connectivity index (χ3v) is 3.60. The molecule has 20 heavy (non-hydrogen) atoms. The Kier molecular flexibility index (Phi) is 4.29. The molecule has 0 unspecified atom stereocenters. The van der Waals surface area contributed by atoms with E-state index in [-0.39, 0.29) is 0 Å². The van der Waals surface area contributed by atoms with Crippen molar-refractivity contribution in [2.45, 2.75) is 17.4 Å². The van der Waals surface area contributed by atoms with Crippen molar-refractivity contribution >= 4 is 11.8 Å². The third kappa shape index (κ3) is 3.28. The highest BCUT2D eigenvalue weighted by atomic mass is 32.2. The molecule has 2 heterocycles. The lowest BCUT2D eigenvalue weighted by Crippen LogP contribution is -2.30. The van der Waals surface area contributed by atoms with Gasteiger partial charge in [0.2, 0.25) is 0 Å². The molecule has 0 saturated carbocycles. The number of aliphatic hydroxyl groups excluding tert-OH is 1. The summed E-state index contributed by atoms with van der Waals surface area (Å²) in [5.41, 5.74) is 0.714. The second-order valence-electron chi connectivity index (χ2n) is 3.98. The van der Waals surface area contributed by atoms with Crippen molar-refractivity contribution in [1.82, 2.24) is 19.7 Å². The smallest absolute Gasteiger partial charge is 0.383 e. The number of halogens is 3. The van der Waals surface area contributed by atoms with E-state index in [9.17, 15) is 13.2 Å². The zero-order valence-electron chi connectivity index (χ0n) is 10.4. The minimum atomic E-state index is -4.63. The topological polar surface area (TPSA) is 63.8 Å². The van der Waals surface area contributed by atoms with Gasteiger partial charge in [0.25, 0.3) is 0 Å². The van der Waals surface area contributed by atoms with Crippen molar-refractivity contribution in [3.8, 4) is 11.4 Å². The van der Waals surface area contributed by atoms with Crippen molar-refractivity contribution < 1.29 is 18.3 Å². The van der Waals surface area contributed by atoms with E-state index in [1.165, 1.54) is 0 Å². The standard InChI is InChI=1S/C11H11F3N4OS/c1-18-9(7-3-2-4-15-5-7)16-17-10(18)20-6-8(19)11(12,13)14/h2-5,8,19H,6H2,1H3/t8-/m0/s1. The van der Waals surface area contributed by atoms with Gasteiger partial charge in [0.1, 0.15) is 0 Å². The number of nitrogens with zero attached hydrogens (tertiary/aromatic N) is 4. The first-order valence-electron chi connectivity index (χ1n) is 5.57. The first-order valence-corrected chi connectivity index (χ1v) is 6.55. The second-order valence-corrected chi connectivity index (χ2v) is 4.96. The Hall–Kier alpha value is -1.61. The van der Waals surface area contributed by atoms with Gasteiger partial charge < -0.3 is 9.67 Å². The fourth-order valence-electron chi connectivity index (χ4n) is 1.43. The summed E-state index contributed by atoms with van der Waals surface area (Å²) in [6.45, 7) is 0. The van der Waals surface area contributed by atoms with Gasteiger partial charge in [0, 0.05) is 30.8 Å². The van der Waals surface area contributed by atoms with Gasteiger partial charge in [-0.05, 0) is 12.1 Å². The Labute approximate surface area is 116 Å². The minimum absolute atomic E-state index is 0.298. The fourth-order valence-corrected chi connectivity index (χ4v) is 2.31. The van der Waals surface area contributed by atoms with Gasteiger partial charge in [-0.25, -0.2) is 0 Å². The minimum Gasteiger partial charge on any atom is -0.383 e. The van der Waals surface area contributed by atoms with Crippen LogP contribution < -0.4 is 0 Å². The van der Waals surface area contributed by atoms with Crippen LogP contribution in [0.15, 0.2) is 29.7 Å². The second kappa shape index (κ2) is 5.80. The van der Waals surface area contributed by atoms with Gasteiger partial charge in [-0.2, -0.15) is 13.2 Å². The molecule has 0 amide bonds. The molecule has 0 bridgehead atoms. The van der Waals surface area contributed by atoms with Crippen LogP contribution >= 0.6 is 11.8 Å². The van der Waals surface area contributed by atoms with E-state index in [0.717, 1.165) is 11.8 Å². The normalized spacial score (nSPS) is 13.4. The molecule has 0 fully saturated rings. The van der Waals surface area contributed by atoms with Crippen LogP contribution in [0.25, 0.3) is 11.4 Å². The monoisotopic (exact) mass is 304 g/mol. The predicted molar refractivity (Wildman–Crippen MR) is 67.0 cm³/mol. The predicted octanol–water partition coefficient (Wildman–Crippen LogP) is 1.89. The Morgan fingerprint density at radius 2 is 2.15 bits per heavy atom. The van der Waals surface area contributed by atoms with Crippen molar-refractivity contribution in [3.05, 3.63) is 24.5 Å². The number of rotatable bonds is 4. The summed E-state index contributed by atoms with van der Waals surface area (Å²) in [5, 5.41) is 17.0. The van der Waals surface area contributed by atoms with E-state index in [0.29, 0.717) is 16.5 Å². The molecule has 0 aliphatic rings. The third-order valence-electron chi connectivity index (χ3n) is 2.50. The van der Waals surface area contributed by atoms with Crippen LogP contribution in [0.1, 0.15) is 0 Å². The van der Waals surface area contributed by atoms with Crippen LogP contribution in [-0.4, -0.2) is 42.9 Å². The summed E-state index contributed by atoms with van der Waals surface area (Å²) < 4.78 is 38.2. The van der Waals surface area contributed by atoms with E-state index in [4.69, 9.17) is 5.11 Å². The number of hydrogen-bond acceptors (Lipinski definition) is 5. The average molecular weight is 304 g/mol. The van der Waals surface area contributed by atoms with Crippen LogP contribution in [0.4, 0.5) is 13.2 Å². The summed E-state index contributed by atoms with van der Waals surface area (Å²) in [7, 11) is 1.64. The van der Waals surface area contributed by atoms with Gasteiger partial charge in [0.15, 0.2) is 17.1 Å². The van der Waals surface area contributed by atoms with Gasteiger partial charge in [-0.15, -0.1) is 10.2 Å². The molecule has 1 atom stereocenters. The molecule has 0 spiro atoms. The van der Waals surface area contributed by atoms with E-state index in [1.54, 1.807) is 36.1 Å². The molecule has 2 aromatic heterocycles. The molecule has 2 rings (SSSR count). The summed E-state index contributed by atoms with van der Waals surface area (Å²) in [5.74, 6) is -0.0233. The molecule has 0 radical (unpaired) electrons. The zero-order valence-corrected chi connectivity index (χ0v) is 11.2. The Morgan fingerprint density at radius 1 is 1.40 bits per heavy atom. The Bertz CT molecular complexity index is 573. The number of aromatic nitrogens is 4. The summed E-state index contributed by atoms with van der Waals surface area (Å²) in [4.78, 5) is 3.94. The van der Waals surface area contributed by atoms with E-state index >= 15 is 0 Å². The highest BCUT2D eigenvalue weighted by Crippen LogP contribution is 2.27. The van der Waals surface area contributed by atoms with Gasteiger partial charge in [-0.3, -0.25) is 4.98 Å². The van der Waals surface area contributed by atoms with E-state index in [1.807, 2.05) is 0 Å². The number of pyridine rings is 1. The first kappa shape index (κ1) is 14.8. The van der Waals surface area contributed by atoms with E-state index in [2.05, 4.69) is 15.2 Å². The summed E-state index contributed by atoms with van der Waals surface area (Å²) in [6, 6.07) is 3.50. The molecular weight excluding hydrogens is 293 g/mol. The van der Waals surface area contributed by atoms with Crippen LogP contribution in [0, 0.1) is 0 Å². The molecule has 0 aromatic carbocycles. The average Bonchev–Trinajstić information content (AvgIpc) is 2.77. The highest BCUT2D eigenvalue weighted by molar-refractivity contribution is 7.99. The quantitative estimate of drug-likeness (QED) is 0.874. The largest absolute Gasteiger partial charge is 0.415 e. The van der Waals surface area contributed by atoms with Crippen molar-refractivity contribution in [3.63, 3.8) is 0 Å². The van der Waals surface area contributed by atoms with Crippen LogP contribution in [0.5, 0.6) is 0 Å². The Balaban J connectivity index is 2.10. The summed E-state index contributed by atoms with van der Waals surface area (Å²) >= 11 is 0.796. The van der Waals surface area contributed by atoms with Gasteiger partial charge >= 0.3 is 6.18 Å². The maximum atomic E-state index is 12.2. The van der Waals surface area contributed by atoms with Gasteiger partial charge in [-0.1, -0.05) is 11.8 Å². The van der Waals surface area contributed by atoms with Crippen molar-refractivity contribution in [1.29, 1.82) is 0 Å². The van der Waals surface area contributed by atoms with Crippen LogP contribution in [0.2, 0.25) is 0 Å². The molecule has 108 valence electrons. The summed E-state index contributed by atoms with van der Waals surface area (Å²) in [6.07, 6.45) is -3.82. The molecule has 2 aromatic rings. The molecule has 0 aliphatic carbocycles. The number of thioether (sulfide) groups is 1. The van der Waals surface area contributed by atoms with Crippen molar-refractivity contribution in [2.75, 3.05) is 5.75 Å². The number of alkyl halides is 3.